The largest absolute Gasteiger partial charge is 0.370 e. The number of para-hydroxylation sites is 2. The number of amides is 1. The minimum Gasteiger partial charge on any atom is -0.370 e. The SMILES string of the molecule is CC(=O)Nc1ccccc1N1CCC(n2c(=N)n(Cc3cccc4[nH]ccc34)c3ccc(F)cc32)CC1. The average Bonchev–Trinajstić information content (AvgIpc) is 3.47. The summed E-state index contributed by atoms with van der Waals surface area (Å²) in [5, 5.41) is 13.2. The van der Waals surface area contributed by atoms with Gasteiger partial charge in [0.25, 0.3) is 0 Å². The van der Waals surface area contributed by atoms with E-state index in [0.717, 1.165) is 64.8 Å². The molecule has 0 aliphatic carbocycles. The number of fused-ring (bicyclic) bond motifs is 2. The number of nitrogens with zero attached hydrogens (tertiary/aromatic N) is 3. The van der Waals surface area contributed by atoms with Crippen molar-refractivity contribution in [2.45, 2.75) is 32.4 Å². The Morgan fingerprint density at radius 3 is 2.68 bits per heavy atom. The van der Waals surface area contributed by atoms with Gasteiger partial charge in [-0.15, -0.1) is 0 Å². The smallest absolute Gasteiger partial charge is 0.221 e. The van der Waals surface area contributed by atoms with Gasteiger partial charge in [0, 0.05) is 43.2 Å². The van der Waals surface area contributed by atoms with Gasteiger partial charge in [-0.1, -0.05) is 24.3 Å². The molecule has 8 heteroatoms. The highest BCUT2D eigenvalue weighted by molar-refractivity contribution is 5.92. The number of aromatic nitrogens is 3. The highest BCUT2D eigenvalue weighted by atomic mass is 19.1. The predicted octanol–water partition coefficient (Wildman–Crippen LogP) is 5.39. The molecule has 5 aromatic rings. The number of anilines is 2. The van der Waals surface area contributed by atoms with Crippen LogP contribution in [-0.2, 0) is 11.3 Å². The molecule has 1 aliphatic rings. The summed E-state index contributed by atoms with van der Waals surface area (Å²) in [4.78, 5) is 17.2. The Labute approximate surface area is 213 Å². The lowest BCUT2D eigenvalue weighted by Crippen LogP contribution is -2.38. The van der Waals surface area contributed by atoms with Crippen LogP contribution in [0.15, 0.2) is 72.9 Å². The van der Waals surface area contributed by atoms with Crippen molar-refractivity contribution in [1.29, 1.82) is 5.41 Å². The lowest BCUT2D eigenvalue weighted by Gasteiger charge is -2.35. The van der Waals surface area contributed by atoms with Gasteiger partial charge in [-0.3, -0.25) is 10.2 Å². The highest BCUT2D eigenvalue weighted by Gasteiger charge is 2.26. The highest BCUT2D eigenvalue weighted by Crippen LogP contribution is 2.33. The molecule has 3 aromatic carbocycles. The lowest BCUT2D eigenvalue weighted by atomic mass is 10.0. The van der Waals surface area contributed by atoms with Crippen LogP contribution in [0.25, 0.3) is 21.9 Å². The van der Waals surface area contributed by atoms with Gasteiger partial charge in [0.05, 0.1) is 29.0 Å². The van der Waals surface area contributed by atoms with Crippen molar-refractivity contribution in [3.05, 3.63) is 89.9 Å². The summed E-state index contributed by atoms with van der Waals surface area (Å²) < 4.78 is 18.4. The fourth-order valence-corrected chi connectivity index (χ4v) is 5.67. The number of H-pyrrole nitrogens is 1. The van der Waals surface area contributed by atoms with Crippen molar-refractivity contribution in [3.8, 4) is 0 Å². The number of piperidine rings is 1. The minimum absolute atomic E-state index is 0.0743. The number of carbonyl (C=O) groups is 1. The number of halogens is 1. The molecule has 6 rings (SSSR count). The summed E-state index contributed by atoms with van der Waals surface area (Å²) in [6, 6.07) is 20.9. The number of benzene rings is 3. The molecular formula is C29H29FN6O. The first-order valence-electron chi connectivity index (χ1n) is 12.6. The summed E-state index contributed by atoms with van der Waals surface area (Å²) in [5.41, 5.74) is 5.97. The third-order valence-corrected chi connectivity index (χ3v) is 7.37. The molecule has 1 aliphatic heterocycles. The van der Waals surface area contributed by atoms with Crippen LogP contribution in [0.2, 0.25) is 0 Å². The van der Waals surface area contributed by atoms with E-state index in [4.69, 9.17) is 5.41 Å². The standard InChI is InChI=1S/C29H29FN6O/c1-19(37)33-25-6-2-3-8-26(25)34-15-12-22(13-16-34)36-28-17-21(30)9-10-27(28)35(29(36)31)18-20-5-4-7-24-23(20)11-14-32-24/h2-11,14,17,22,31-32H,12-13,15-16,18H2,1H3,(H,33,37). The number of imidazole rings is 1. The zero-order chi connectivity index (χ0) is 25.5. The van der Waals surface area contributed by atoms with Gasteiger partial charge in [-0.05, 0) is 60.9 Å². The zero-order valence-electron chi connectivity index (χ0n) is 20.7. The van der Waals surface area contributed by atoms with Crippen molar-refractivity contribution < 1.29 is 9.18 Å². The van der Waals surface area contributed by atoms with Crippen molar-refractivity contribution in [2.75, 3.05) is 23.3 Å². The Hall–Kier alpha value is -4.33. The number of hydrogen-bond acceptors (Lipinski definition) is 3. The van der Waals surface area contributed by atoms with Crippen LogP contribution in [0, 0.1) is 11.2 Å². The first kappa shape index (κ1) is 23.1. The van der Waals surface area contributed by atoms with Gasteiger partial charge in [0.15, 0.2) is 0 Å². The molecule has 0 radical (unpaired) electrons. The quantitative estimate of drug-likeness (QED) is 0.305. The fraction of sp³-hybridized carbons (Fsp3) is 0.241. The van der Waals surface area contributed by atoms with Crippen molar-refractivity contribution in [3.63, 3.8) is 0 Å². The van der Waals surface area contributed by atoms with Gasteiger partial charge in [-0.25, -0.2) is 4.39 Å². The van der Waals surface area contributed by atoms with Gasteiger partial charge in [-0.2, -0.15) is 0 Å². The summed E-state index contributed by atoms with van der Waals surface area (Å²) >= 11 is 0. The number of carbonyl (C=O) groups excluding carboxylic acids is 1. The third-order valence-electron chi connectivity index (χ3n) is 7.37. The Balaban J connectivity index is 1.33. The van der Waals surface area contributed by atoms with E-state index >= 15 is 0 Å². The first-order chi connectivity index (χ1) is 18.0. The van der Waals surface area contributed by atoms with Crippen molar-refractivity contribution in [1.82, 2.24) is 14.1 Å². The summed E-state index contributed by atoms with van der Waals surface area (Å²) in [6.45, 7) is 3.60. The van der Waals surface area contributed by atoms with Crippen LogP contribution < -0.4 is 15.8 Å². The normalized spacial score (nSPS) is 14.5. The third kappa shape index (κ3) is 4.18. The van der Waals surface area contributed by atoms with E-state index in [1.165, 1.54) is 13.0 Å². The van der Waals surface area contributed by atoms with E-state index in [0.29, 0.717) is 12.2 Å². The Morgan fingerprint density at radius 1 is 1.05 bits per heavy atom. The molecule has 0 saturated carbocycles. The van der Waals surface area contributed by atoms with Gasteiger partial charge < -0.3 is 24.3 Å². The summed E-state index contributed by atoms with van der Waals surface area (Å²) in [6.07, 6.45) is 3.55. The van der Waals surface area contributed by atoms with Crippen LogP contribution in [0.1, 0.15) is 31.4 Å². The van der Waals surface area contributed by atoms with Crippen LogP contribution in [0.5, 0.6) is 0 Å². The van der Waals surface area contributed by atoms with Crippen LogP contribution >= 0.6 is 0 Å². The van der Waals surface area contributed by atoms with Gasteiger partial charge >= 0.3 is 0 Å². The second kappa shape index (κ2) is 9.28. The van der Waals surface area contributed by atoms with Crippen molar-refractivity contribution >= 4 is 39.2 Å². The molecule has 37 heavy (non-hydrogen) atoms. The van der Waals surface area contributed by atoms with Crippen LogP contribution in [-0.4, -0.2) is 33.1 Å². The van der Waals surface area contributed by atoms with Gasteiger partial charge in [0.1, 0.15) is 5.82 Å². The maximum atomic E-state index is 14.4. The second-order valence-corrected chi connectivity index (χ2v) is 9.69. The number of rotatable bonds is 5. The lowest BCUT2D eigenvalue weighted by molar-refractivity contribution is -0.114. The first-order valence-corrected chi connectivity index (χ1v) is 12.6. The number of aromatic amines is 1. The van der Waals surface area contributed by atoms with Gasteiger partial charge in [0.2, 0.25) is 11.5 Å². The summed E-state index contributed by atoms with van der Waals surface area (Å²) in [7, 11) is 0. The zero-order valence-corrected chi connectivity index (χ0v) is 20.7. The Bertz CT molecular complexity index is 1670. The van der Waals surface area contributed by atoms with Crippen molar-refractivity contribution in [2.24, 2.45) is 0 Å². The maximum Gasteiger partial charge on any atom is 0.221 e. The van der Waals surface area contributed by atoms with Crippen LogP contribution in [0.4, 0.5) is 15.8 Å². The molecule has 0 atom stereocenters. The molecule has 1 saturated heterocycles. The monoisotopic (exact) mass is 496 g/mol. The molecule has 7 nitrogen and oxygen atoms in total. The fourth-order valence-electron chi connectivity index (χ4n) is 5.67. The minimum atomic E-state index is -0.298. The maximum absolute atomic E-state index is 14.4. The molecule has 188 valence electrons. The molecule has 3 N–H and O–H groups in total. The molecular weight excluding hydrogens is 467 g/mol. The molecule has 1 fully saturated rings. The van der Waals surface area contributed by atoms with E-state index in [9.17, 15) is 9.18 Å². The predicted molar refractivity (Wildman–Crippen MR) is 144 cm³/mol. The Kier molecular flexibility index (Phi) is 5.79. The van der Waals surface area contributed by atoms with E-state index in [1.54, 1.807) is 12.1 Å². The molecule has 0 spiro atoms. The number of hydrogen-bond donors (Lipinski definition) is 3. The van der Waals surface area contributed by atoms with E-state index in [2.05, 4.69) is 27.3 Å². The molecule has 0 bridgehead atoms. The molecule has 2 aromatic heterocycles. The molecule has 1 amide bonds. The average molecular weight is 497 g/mol. The van der Waals surface area contributed by atoms with Crippen LogP contribution in [0.3, 0.4) is 0 Å². The topological polar surface area (TPSA) is 81.8 Å². The molecule has 0 unspecified atom stereocenters. The Morgan fingerprint density at radius 2 is 1.86 bits per heavy atom. The van der Waals surface area contributed by atoms with E-state index in [-0.39, 0.29) is 17.8 Å². The number of nitrogens with one attached hydrogen (secondary N) is 3. The second-order valence-electron chi connectivity index (χ2n) is 9.69. The van der Waals surface area contributed by atoms with E-state index in [1.807, 2.05) is 51.7 Å². The van der Waals surface area contributed by atoms with E-state index < -0.39 is 0 Å². The molecule has 3 heterocycles. The summed E-state index contributed by atoms with van der Waals surface area (Å²) in [5.74, 6) is -0.394.